The fourth-order valence-electron chi connectivity index (χ4n) is 1.18. The predicted molar refractivity (Wildman–Crippen MR) is 57.0 cm³/mol. The molecule has 0 amide bonds. The Balaban J connectivity index is 2.79. The van der Waals surface area contributed by atoms with E-state index >= 15 is 0 Å². The van der Waals surface area contributed by atoms with E-state index in [0.29, 0.717) is 17.7 Å². The summed E-state index contributed by atoms with van der Waals surface area (Å²) >= 11 is 0. The monoisotopic (exact) mass is 217 g/mol. The minimum atomic E-state index is -0.415. The maximum atomic E-state index is 11.3. The van der Waals surface area contributed by atoms with E-state index in [1.807, 2.05) is 0 Å². The number of nitrogens with zero attached hydrogens (tertiary/aromatic N) is 1. The van der Waals surface area contributed by atoms with Crippen LogP contribution < -0.4 is 0 Å². The van der Waals surface area contributed by atoms with Gasteiger partial charge < -0.3 is 4.74 Å². The van der Waals surface area contributed by atoms with Crippen molar-refractivity contribution in [2.75, 3.05) is 6.61 Å². The molecule has 0 aliphatic heterocycles. The molecule has 0 N–H and O–H groups in total. The molecular formula is C12H11NO3. The number of nitriles is 1. The first-order valence-corrected chi connectivity index (χ1v) is 4.86. The van der Waals surface area contributed by atoms with Crippen LogP contribution in [0.5, 0.6) is 0 Å². The second-order valence-corrected chi connectivity index (χ2v) is 3.06. The number of carbonyl (C=O) groups excluding carboxylic acids is 2. The maximum absolute atomic E-state index is 11.3. The minimum absolute atomic E-state index is 0.154. The Bertz CT molecular complexity index is 429. The minimum Gasteiger partial charge on any atom is -0.462 e. The molecule has 0 saturated heterocycles. The molecule has 4 nitrogen and oxygen atoms in total. The molecule has 0 saturated carbocycles. The lowest BCUT2D eigenvalue weighted by Crippen LogP contribution is -2.05. The average Bonchev–Trinajstić information content (AvgIpc) is 2.30. The van der Waals surface area contributed by atoms with Crippen molar-refractivity contribution in [2.45, 2.75) is 13.3 Å². The summed E-state index contributed by atoms with van der Waals surface area (Å²) < 4.78 is 4.80. The third kappa shape index (κ3) is 2.92. The maximum Gasteiger partial charge on any atom is 0.338 e. The fourth-order valence-corrected chi connectivity index (χ4v) is 1.18. The summed E-state index contributed by atoms with van der Waals surface area (Å²) in [5, 5.41) is 8.37. The summed E-state index contributed by atoms with van der Waals surface area (Å²) in [5.41, 5.74) is 0.824. The summed E-state index contributed by atoms with van der Waals surface area (Å²) in [6.45, 7) is 2.04. The van der Waals surface area contributed by atoms with Crippen LogP contribution in [0.15, 0.2) is 24.3 Å². The molecule has 4 heteroatoms. The lowest BCUT2D eigenvalue weighted by atomic mass is 10.1. The molecule has 0 atom stereocenters. The highest BCUT2D eigenvalue weighted by Crippen LogP contribution is 2.08. The molecule has 82 valence electrons. The van der Waals surface area contributed by atoms with E-state index in [-0.39, 0.29) is 12.2 Å². The highest BCUT2D eigenvalue weighted by atomic mass is 16.5. The molecule has 0 aliphatic rings. The van der Waals surface area contributed by atoms with E-state index < -0.39 is 5.97 Å². The van der Waals surface area contributed by atoms with Gasteiger partial charge in [-0.2, -0.15) is 5.26 Å². The van der Waals surface area contributed by atoms with Gasteiger partial charge in [-0.3, -0.25) is 4.79 Å². The molecule has 0 heterocycles. The quantitative estimate of drug-likeness (QED) is 0.571. The summed E-state index contributed by atoms with van der Waals surface area (Å²) in [5.74, 6) is -0.667. The van der Waals surface area contributed by atoms with Gasteiger partial charge in [0, 0.05) is 5.56 Å². The number of carbonyl (C=O) groups is 2. The van der Waals surface area contributed by atoms with Gasteiger partial charge >= 0.3 is 5.97 Å². The topological polar surface area (TPSA) is 67.2 Å². The first kappa shape index (κ1) is 11.9. The van der Waals surface area contributed by atoms with Crippen LogP contribution in [0.2, 0.25) is 0 Å². The Labute approximate surface area is 93.5 Å². The van der Waals surface area contributed by atoms with Crippen molar-refractivity contribution in [3.8, 4) is 6.07 Å². The Morgan fingerprint density at radius 2 is 1.81 bits per heavy atom. The zero-order chi connectivity index (χ0) is 12.0. The second kappa shape index (κ2) is 5.66. The molecule has 1 aromatic carbocycles. The third-order valence-electron chi connectivity index (χ3n) is 1.96. The van der Waals surface area contributed by atoms with Crippen LogP contribution in [0.3, 0.4) is 0 Å². The molecule has 0 unspecified atom stereocenters. The number of benzene rings is 1. The number of hydrogen-bond acceptors (Lipinski definition) is 4. The van der Waals surface area contributed by atoms with Crippen molar-refractivity contribution in [3.05, 3.63) is 35.4 Å². The Morgan fingerprint density at radius 3 is 2.31 bits per heavy atom. The highest BCUT2D eigenvalue weighted by molar-refractivity contribution is 5.98. The van der Waals surface area contributed by atoms with E-state index in [0.717, 1.165) is 0 Å². The Hall–Kier alpha value is -2.15. The van der Waals surface area contributed by atoms with Gasteiger partial charge in [0.1, 0.15) is 0 Å². The predicted octanol–water partition coefficient (Wildman–Crippen LogP) is 1.96. The highest BCUT2D eigenvalue weighted by Gasteiger charge is 2.08. The molecule has 1 aromatic rings. The first-order chi connectivity index (χ1) is 7.69. The molecular weight excluding hydrogens is 206 g/mol. The van der Waals surface area contributed by atoms with Crippen molar-refractivity contribution < 1.29 is 14.3 Å². The van der Waals surface area contributed by atoms with Crippen LogP contribution in [0.1, 0.15) is 34.1 Å². The Kier molecular flexibility index (Phi) is 4.22. The van der Waals surface area contributed by atoms with Gasteiger partial charge in [0.05, 0.1) is 24.7 Å². The molecule has 0 radical (unpaired) electrons. The molecule has 0 aliphatic carbocycles. The van der Waals surface area contributed by atoms with Gasteiger partial charge in [0.2, 0.25) is 0 Å². The van der Waals surface area contributed by atoms with Crippen LogP contribution in [0.4, 0.5) is 0 Å². The largest absolute Gasteiger partial charge is 0.462 e. The van der Waals surface area contributed by atoms with Crippen LogP contribution in [0.25, 0.3) is 0 Å². The number of hydrogen-bond donors (Lipinski definition) is 0. The fraction of sp³-hybridized carbons (Fsp3) is 0.250. The summed E-state index contributed by atoms with van der Waals surface area (Å²) in [6.07, 6.45) is -0.154. The van der Waals surface area contributed by atoms with Crippen molar-refractivity contribution in [2.24, 2.45) is 0 Å². The Morgan fingerprint density at radius 1 is 1.25 bits per heavy atom. The molecule has 0 spiro atoms. The zero-order valence-corrected chi connectivity index (χ0v) is 8.90. The zero-order valence-electron chi connectivity index (χ0n) is 8.90. The van der Waals surface area contributed by atoms with Crippen molar-refractivity contribution >= 4 is 11.8 Å². The third-order valence-corrected chi connectivity index (χ3v) is 1.96. The van der Waals surface area contributed by atoms with Crippen LogP contribution in [-0.2, 0) is 4.74 Å². The number of esters is 1. The summed E-state index contributed by atoms with van der Waals surface area (Å²) in [7, 11) is 0. The summed E-state index contributed by atoms with van der Waals surface area (Å²) in [4.78, 5) is 22.6. The van der Waals surface area contributed by atoms with Crippen molar-refractivity contribution in [1.82, 2.24) is 0 Å². The van der Waals surface area contributed by atoms with Gasteiger partial charge in [-0.25, -0.2) is 4.79 Å². The molecule has 1 rings (SSSR count). The number of ketones is 1. The molecule has 0 aromatic heterocycles. The van der Waals surface area contributed by atoms with Gasteiger partial charge in [0.25, 0.3) is 0 Å². The lowest BCUT2D eigenvalue weighted by molar-refractivity contribution is 0.0526. The van der Waals surface area contributed by atoms with Gasteiger partial charge in [-0.1, -0.05) is 12.1 Å². The number of rotatable bonds is 4. The van der Waals surface area contributed by atoms with Crippen LogP contribution >= 0.6 is 0 Å². The average molecular weight is 217 g/mol. The van der Waals surface area contributed by atoms with E-state index in [2.05, 4.69) is 0 Å². The molecule has 0 fully saturated rings. The van der Waals surface area contributed by atoms with Gasteiger partial charge in [-0.15, -0.1) is 0 Å². The first-order valence-electron chi connectivity index (χ1n) is 4.86. The van der Waals surface area contributed by atoms with E-state index in [1.165, 1.54) is 24.3 Å². The molecule has 16 heavy (non-hydrogen) atoms. The SMILES string of the molecule is CCOC(=O)c1ccc(C(=O)CC#N)cc1. The van der Waals surface area contributed by atoms with Crippen molar-refractivity contribution in [3.63, 3.8) is 0 Å². The summed E-state index contributed by atoms with van der Waals surface area (Å²) in [6, 6.07) is 7.85. The number of ether oxygens (including phenoxy) is 1. The standard InChI is InChI=1S/C12H11NO3/c1-2-16-12(15)10-5-3-9(4-6-10)11(14)7-8-13/h3-6H,2,7H2,1H3. The van der Waals surface area contributed by atoms with E-state index in [4.69, 9.17) is 10.00 Å². The lowest BCUT2D eigenvalue weighted by Gasteiger charge is -2.02. The van der Waals surface area contributed by atoms with E-state index in [1.54, 1.807) is 13.0 Å². The smallest absolute Gasteiger partial charge is 0.338 e. The normalized spacial score (nSPS) is 9.25. The van der Waals surface area contributed by atoms with Crippen molar-refractivity contribution in [1.29, 1.82) is 5.26 Å². The van der Waals surface area contributed by atoms with Crippen LogP contribution in [-0.4, -0.2) is 18.4 Å². The van der Waals surface area contributed by atoms with Crippen LogP contribution in [0, 0.1) is 11.3 Å². The van der Waals surface area contributed by atoms with Gasteiger partial charge in [-0.05, 0) is 19.1 Å². The number of Topliss-reactive ketones (excluding diaryl/α,β-unsaturated/α-hetero) is 1. The second-order valence-electron chi connectivity index (χ2n) is 3.06. The van der Waals surface area contributed by atoms with E-state index in [9.17, 15) is 9.59 Å². The molecule has 0 bridgehead atoms. The van der Waals surface area contributed by atoms with Gasteiger partial charge in [0.15, 0.2) is 5.78 Å².